The van der Waals surface area contributed by atoms with Crippen LogP contribution in [0.1, 0.15) is 58.8 Å². The van der Waals surface area contributed by atoms with Gasteiger partial charge in [0, 0.05) is 6.92 Å². The highest BCUT2D eigenvalue weighted by atomic mass is 16.5. The molecule has 0 aliphatic rings. The molecule has 0 aromatic rings. The summed E-state index contributed by atoms with van der Waals surface area (Å²) in [6.45, 7) is 3.63. The summed E-state index contributed by atoms with van der Waals surface area (Å²) in [6.07, 6.45) is 16.3. The minimum Gasteiger partial charge on any atom is -0.435 e. The summed E-state index contributed by atoms with van der Waals surface area (Å²) in [5, 5.41) is 0. The van der Waals surface area contributed by atoms with Gasteiger partial charge in [0.25, 0.3) is 0 Å². The highest BCUT2D eigenvalue weighted by Crippen LogP contribution is 2.07. The summed E-state index contributed by atoms with van der Waals surface area (Å²) in [5.41, 5.74) is 0. The average Bonchev–Trinajstić information content (AvgIpc) is 2.25. The van der Waals surface area contributed by atoms with Crippen LogP contribution in [0.15, 0.2) is 24.5 Å². The second-order valence-corrected chi connectivity index (χ2v) is 3.92. The minimum absolute atomic E-state index is 0.277. The van der Waals surface area contributed by atoms with Crippen molar-refractivity contribution in [3.05, 3.63) is 24.5 Å². The first kappa shape index (κ1) is 14.9. The summed E-state index contributed by atoms with van der Waals surface area (Å²) in [6, 6.07) is 0. The average molecular weight is 224 g/mol. The Morgan fingerprint density at radius 2 is 1.75 bits per heavy atom. The normalized spacial score (nSPS) is 11.4. The monoisotopic (exact) mass is 224 g/mol. The summed E-state index contributed by atoms with van der Waals surface area (Å²) in [7, 11) is 0. The van der Waals surface area contributed by atoms with Crippen molar-refractivity contribution >= 4 is 5.97 Å². The number of hydrogen-bond donors (Lipinski definition) is 0. The Bertz CT molecular complexity index is 217. The van der Waals surface area contributed by atoms with Gasteiger partial charge in [-0.2, -0.15) is 0 Å². The molecule has 0 saturated heterocycles. The first-order valence-electron chi connectivity index (χ1n) is 6.26. The Morgan fingerprint density at radius 1 is 1.06 bits per heavy atom. The van der Waals surface area contributed by atoms with Gasteiger partial charge < -0.3 is 4.74 Å². The van der Waals surface area contributed by atoms with Crippen LogP contribution in [0.4, 0.5) is 0 Å². The van der Waals surface area contributed by atoms with Gasteiger partial charge in [0.2, 0.25) is 0 Å². The van der Waals surface area contributed by atoms with Crippen molar-refractivity contribution in [3.8, 4) is 0 Å². The van der Waals surface area contributed by atoms with Crippen LogP contribution in [0.2, 0.25) is 0 Å². The predicted molar refractivity (Wildman–Crippen MR) is 68.0 cm³/mol. The van der Waals surface area contributed by atoms with Crippen LogP contribution in [0.5, 0.6) is 0 Å². The maximum Gasteiger partial charge on any atom is 0.307 e. The quantitative estimate of drug-likeness (QED) is 0.251. The van der Waals surface area contributed by atoms with Crippen molar-refractivity contribution in [3.63, 3.8) is 0 Å². The third-order valence-corrected chi connectivity index (χ3v) is 2.28. The van der Waals surface area contributed by atoms with Crippen LogP contribution in [0, 0.1) is 0 Å². The topological polar surface area (TPSA) is 26.3 Å². The smallest absolute Gasteiger partial charge is 0.307 e. The summed E-state index contributed by atoms with van der Waals surface area (Å²) in [4.78, 5) is 10.4. The second kappa shape index (κ2) is 12.0. The minimum atomic E-state index is -0.277. The molecular formula is C14H24O2. The zero-order chi connectivity index (χ0) is 12.1. The molecule has 0 N–H and O–H groups in total. The number of rotatable bonds is 9. The Morgan fingerprint density at radius 3 is 2.44 bits per heavy atom. The van der Waals surface area contributed by atoms with Crippen molar-refractivity contribution in [1.29, 1.82) is 0 Å². The fourth-order valence-electron chi connectivity index (χ4n) is 1.40. The number of hydrogen-bond acceptors (Lipinski definition) is 2. The molecule has 0 aliphatic carbocycles. The van der Waals surface area contributed by atoms with E-state index < -0.39 is 0 Å². The molecule has 0 aromatic carbocycles. The summed E-state index contributed by atoms with van der Waals surface area (Å²) < 4.78 is 4.64. The number of carbonyl (C=O) groups is 1. The molecule has 0 aliphatic heterocycles. The number of ether oxygens (including phenoxy) is 1. The number of carbonyl (C=O) groups excluding carboxylic acids is 1. The van der Waals surface area contributed by atoms with Gasteiger partial charge in [0.05, 0.1) is 6.26 Å². The van der Waals surface area contributed by atoms with E-state index in [2.05, 4.69) is 17.7 Å². The van der Waals surface area contributed by atoms with Crippen molar-refractivity contribution in [1.82, 2.24) is 0 Å². The molecule has 0 rings (SSSR count). The molecule has 0 amide bonds. The fourth-order valence-corrected chi connectivity index (χ4v) is 1.40. The maximum absolute atomic E-state index is 10.4. The largest absolute Gasteiger partial charge is 0.435 e. The maximum atomic E-state index is 10.4. The summed E-state index contributed by atoms with van der Waals surface area (Å²) >= 11 is 0. The van der Waals surface area contributed by atoms with Crippen molar-refractivity contribution in [2.24, 2.45) is 0 Å². The molecule has 2 nitrogen and oxygen atoms in total. The second-order valence-electron chi connectivity index (χ2n) is 3.92. The Balaban J connectivity index is 3.21. The van der Waals surface area contributed by atoms with Crippen LogP contribution in [0.25, 0.3) is 0 Å². The molecular weight excluding hydrogens is 200 g/mol. The van der Waals surface area contributed by atoms with Crippen molar-refractivity contribution < 1.29 is 9.53 Å². The lowest BCUT2D eigenvalue weighted by Gasteiger charge is -1.97. The van der Waals surface area contributed by atoms with Gasteiger partial charge in [-0.3, -0.25) is 4.79 Å². The molecule has 0 spiro atoms. The Hall–Kier alpha value is -1.05. The molecule has 0 saturated carbocycles. The van der Waals surface area contributed by atoms with E-state index in [9.17, 15) is 4.79 Å². The summed E-state index contributed by atoms with van der Waals surface area (Å²) in [5.74, 6) is -0.277. The van der Waals surface area contributed by atoms with Gasteiger partial charge in [-0.15, -0.1) is 0 Å². The molecule has 0 fully saturated rings. The van der Waals surface area contributed by atoms with Crippen LogP contribution in [-0.2, 0) is 9.53 Å². The first-order valence-corrected chi connectivity index (χ1v) is 6.26. The zero-order valence-electron chi connectivity index (χ0n) is 10.6. The third kappa shape index (κ3) is 12.9. The molecule has 0 aromatic heterocycles. The molecule has 2 heteroatoms. The van der Waals surface area contributed by atoms with Crippen LogP contribution in [-0.4, -0.2) is 5.97 Å². The van der Waals surface area contributed by atoms with Gasteiger partial charge in [0.1, 0.15) is 0 Å². The Kier molecular flexibility index (Phi) is 11.2. The SMILES string of the molecule is CCCCCCCCC=CC=COC(C)=O. The number of esters is 1. The molecule has 92 valence electrons. The van der Waals surface area contributed by atoms with Crippen molar-refractivity contribution in [2.75, 3.05) is 0 Å². The number of allylic oxidation sites excluding steroid dienone is 3. The third-order valence-electron chi connectivity index (χ3n) is 2.28. The molecule has 0 bridgehead atoms. The molecule has 0 atom stereocenters. The lowest BCUT2D eigenvalue weighted by atomic mass is 10.1. The van der Waals surface area contributed by atoms with E-state index in [1.54, 1.807) is 6.08 Å². The van der Waals surface area contributed by atoms with E-state index in [1.165, 1.54) is 51.7 Å². The van der Waals surface area contributed by atoms with Gasteiger partial charge in [-0.05, 0) is 18.9 Å². The van der Waals surface area contributed by atoms with E-state index in [0.29, 0.717) is 0 Å². The highest BCUT2D eigenvalue weighted by Gasteiger charge is 1.87. The van der Waals surface area contributed by atoms with Crippen LogP contribution < -0.4 is 0 Å². The molecule has 16 heavy (non-hydrogen) atoms. The number of unbranched alkanes of at least 4 members (excludes halogenated alkanes) is 6. The van der Waals surface area contributed by atoms with E-state index in [-0.39, 0.29) is 5.97 Å². The first-order chi connectivity index (χ1) is 7.77. The highest BCUT2D eigenvalue weighted by molar-refractivity contribution is 5.66. The van der Waals surface area contributed by atoms with Gasteiger partial charge in [0.15, 0.2) is 0 Å². The lowest BCUT2D eigenvalue weighted by molar-refractivity contribution is -0.135. The predicted octanol–water partition coefficient (Wildman–Crippen LogP) is 4.37. The van der Waals surface area contributed by atoms with E-state index in [0.717, 1.165) is 6.42 Å². The molecule has 0 heterocycles. The van der Waals surface area contributed by atoms with Crippen LogP contribution >= 0.6 is 0 Å². The zero-order valence-corrected chi connectivity index (χ0v) is 10.6. The van der Waals surface area contributed by atoms with E-state index in [1.807, 2.05) is 6.08 Å². The van der Waals surface area contributed by atoms with E-state index in [4.69, 9.17) is 0 Å². The standard InChI is InChI=1S/C14H24O2/c1-3-4-5-6-7-8-9-10-11-12-13-16-14(2)15/h10-13H,3-9H2,1-2H3. The molecule has 0 radical (unpaired) electrons. The van der Waals surface area contributed by atoms with Crippen molar-refractivity contribution in [2.45, 2.75) is 58.8 Å². The van der Waals surface area contributed by atoms with Gasteiger partial charge in [-0.25, -0.2) is 0 Å². The Labute approximate surface area is 99.4 Å². The lowest BCUT2D eigenvalue weighted by Crippen LogP contribution is -1.88. The van der Waals surface area contributed by atoms with Gasteiger partial charge >= 0.3 is 5.97 Å². The van der Waals surface area contributed by atoms with E-state index >= 15 is 0 Å². The fraction of sp³-hybridized carbons (Fsp3) is 0.643. The van der Waals surface area contributed by atoms with Crippen LogP contribution in [0.3, 0.4) is 0 Å². The molecule has 0 unspecified atom stereocenters. The van der Waals surface area contributed by atoms with Gasteiger partial charge in [-0.1, -0.05) is 51.2 Å².